The standard InChI is InChI=1S/C14H21N3O.HI/c15-14(17-12-6-2-1-3-7-12)16-10-11-5-4-8-13(18)9-11;/h1-3,6-7,11,13,18H,4-5,8-10H2,(H3,15,16,17);1H. The summed E-state index contributed by atoms with van der Waals surface area (Å²) < 4.78 is 0. The van der Waals surface area contributed by atoms with E-state index in [-0.39, 0.29) is 30.1 Å². The molecular weight excluding hydrogens is 353 g/mol. The third-order valence-corrected chi connectivity index (χ3v) is 3.32. The van der Waals surface area contributed by atoms with Gasteiger partial charge in [0.2, 0.25) is 0 Å². The van der Waals surface area contributed by atoms with Crippen LogP contribution in [0.2, 0.25) is 0 Å². The highest BCUT2D eigenvalue weighted by Gasteiger charge is 2.19. The number of rotatable bonds is 3. The van der Waals surface area contributed by atoms with Gasteiger partial charge in [0.05, 0.1) is 6.10 Å². The largest absolute Gasteiger partial charge is 0.393 e. The molecule has 1 saturated carbocycles. The van der Waals surface area contributed by atoms with Crippen LogP contribution in [0.3, 0.4) is 0 Å². The number of aliphatic hydroxyl groups excluding tert-OH is 1. The molecule has 0 aromatic heterocycles. The first-order valence-corrected chi connectivity index (χ1v) is 6.54. The third-order valence-electron chi connectivity index (χ3n) is 3.32. The first-order chi connectivity index (χ1) is 8.74. The minimum atomic E-state index is -0.151. The SMILES string of the molecule is I.NC(=NCC1CCCC(O)C1)Nc1ccccc1. The van der Waals surface area contributed by atoms with Crippen molar-refractivity contribution in [3.05, 3.63) is 30.3 Å². The summed E-state index contributed by atoms with van der Waals surface area (Å²) in [6.07, 6.45) is 3.86. The van der Waals surface area contributed by atoms with Gasteiger partial charge in [-0.15, -0.1) is 24.0 Å². The van der Waals surface area contributed by atoms with E-state index in [1.54, 1.807) is 0 Å². The molecule has 4 N–H and O–H groups in total. The number of benzene rings is 1. The van der Waals surface area contributed by atoms with Crippen molar-refractivity contribution < 1.29 is 5.11 Å². The summed E-state index contributed by atoms with van der Waals surface area (Å²) in [6.45, 7) is 0.697. The van der Waals surface area contributed by atoms with Crippen molar-refractivity contribution in [1.29, 1.82) is 0 Å². The van der Waals surface area contributed by atoms with Crippen LogP contribution in [0, 0.1) is 5.92 Å². The van der Waals surface area contributed by atoms with E-state index in [1.807, 2.05) is 30.3 Å². The molecule has 0 heterocycles. The molecule has 0 radical (unpaired) electrons. The van der Waals surface area contributed by atoms with Gasteiger partial charge in [-0.1, -0.05) is 24.6 Å². The van der Waals surface area contributed by atoms with E-state index in [0.717, 1.165) is 31.4 Å². The van der Waals surface area contributed by atoms with Crippen molar-refractivity contribution in [2.24, 2.45) is 16.6 Å². The number of aliphatic imine (C=N–C) groups is 1. The Morgan fingerprint density at radius 3 is 2.74 bits per heavy atom. The van der Waals surface area contributed by atoms with Crippen molar-refractivity contribution >= 4 is 35.6 Å². The van der Waals surface area contributed by atoms with E-state index in [2.05, 4.69) is 10.3 Å². The van der Waals surface area contributed by atoms with Gasteiger partial charge in [0.15, 0.2) is 5.96 Å². The lowest BCUT2D eigenvalue weighted by Gasteiger charge is -2.24. The molecule has 1 aromatic rings. The zero-order chi connectivity index (χ0) is 12.8. The van der Waals surface area contributed by atoms with Gasteiger partial charge >= 0.3 is 0 Å². The van der Waals surface area contributed by atoms with E-state index in [9.17, 15) is 5.11 Å². The Kier molecular flexibility index (Phi) is 7.15. The number of anilines is 1. The minimum Gasteiger partial charge on any atom is -0.393 e. The van der Waals surface area contributed by atoms with E-state index in [4.69, 9.17) is 5.73 Å². The molecule has 5 heteroatoms. The summed E-state index contributed by atoms with van der Waals surface area (Å²) in [5.74, 6) is 0.908. The van der Waals surface area contributed by atoms with Gasteiger partial charge in [-0.25, -0.2) is 0 Å². The van der Waals surface area contributed by atoms with Crippen LogP contribution >= 0.6 is 24.0 Å². The maximum absolute atomic E-state index is 9.58. The molecule has 19 heavy (non-hydrogen) atoms. The number of nitrogens with zero attached hydrogens (tertiary/aromatic N) is 1. The number of guanidine groups is 1. The van der Waals surface area contributed by atoms with Gasteiger partial charge in [-0.2, -0.15) is 0 Å². The van der Waals surface area contributed by atoms with Gasteiger partial charge in [-0.3, -0.25) is 4.99 Å². The Bertz CT molecular complexity index is 397. The lowest BCUT2D eigenvalue weighted by atomic mass is 9.87. The maximum atomic E-state index is 9.58. The highest BCUT2D eigenvalue weighted by molar-refractivity contribution is 14.0. The summed E-state index contributed by atoms with van der Waals surface area (Å²) in [7, 11) is 0. The smallest absolute Gasteiger partial charge is 0.193 e. The molecule has 0 bridgehead atoms. The molecule has 4 nitrogen and oxygen atoms in total. The van der Waals surface area contributed by atoms with Gasteiger partial charge in [0.1, 0.15) is 0 Å². The molecule has 2 unspecified atom stereocenters. The number of hydrogen-bond donors (Lipinski definition) is 3. The molecule has 2 atom stereocenters. The van der Waals surface area contributed by atoms with E-state index in [1.165, 1.54) is 0 Å². The Morgan fingerprint density at radius 2 is 2.05 bits per heavy atom. The molecule has 2 rings (SSSR count). The Hall–Kier alpha value is -0.820. The quantitative estimate of drug-likeness (QED) is 0.432. The second kappa shape index (κ2) is 8.37. The van der Waals surface area contributed by atoms with Gasteiger partial charge < -0.3 is 16.2 Å². The molecule has 1 aromatic carbocycles. The van der Waals surface area contributed by atoms with E-state index in [0.29, 0.717) is 18.4 Å². The maximum Gasteiger partial charge on any atom is 0.193 e. The molecule has 0 spiro atoms. The molecule has 1 aliphatic carbocycles. The van der Waals surface area contributed by atoms with Crippen molar-refractivity contribution in [3.63, 3.8) is 0 Å². The number of nitrogens with one attached hydrogen (secondary N) is 1. The van der Waals surface area contributed by atoms with Crippen LogP contribution in [0.4, 0.5) is 5.69 Å². The second-order valence-corrected chi connectivity index (χ2v) is 4.90. The highest BCUT2D eigenvalue weighted by Crippen LogP contribution is 2.24. The summed E-state index contributed by atoms with van der Waals surface area (Å²) in [5, 5.41) is 12.6. The predicted molar refractivity (Wildman–Crippen MR) is 89.9 cm³/mol. The van der Waals surface area contributed by atoms with Crippen molar-refractivity contribution in [2.45, 2.75) is 31.8 Å². The Labute approximate surface area is 131 Å². The molecule has 1 aliphatic rings. The summed E-state index contributed by atoms with van der Waals surface area (Å²) in [6, 6.07) is 9.77. The van der Waals surface area contributed by atoms with Crippen molar-refractivity contribution in [2.75, 3.05) is 11.9 Å². The minimum absolute atomic E-state index is 0. The van der Waals surface area contributed by atoms with Gasteiger partial charge in [-0.05, 0) is 37.3 Å². The lowest BCUT2D eigenvalue weighted by Crippen LogP contribution is -2.26. The Morgan fingerprint density at radius 1 is 1.32 bits per heavy atom. The number of aliphatic hydroxyl groups is 1. The zero-order valence-corrected chi connectivity index (χ0v) is 13.3. The van der Waals surface area contributed by atoms with Crippen LogP contribution in [0.15, 0.2) is 35.3 Å². The zero-order valence-electron chi connectivity index (χ0n) is 11.0. The molecule has 0 saturated heterocycles. The van der Waals surface area contributed by atoms with Crippen LogP contribution in [0.25, 0.3) is 0 Å². The van der Waals surface area contributed by atoms with Crippen LogP contribution in [0.5, 0.6) is 0 Å². The third kappa shape index (κ3) is 5.78. The fraction of sp³-hybridized carbons (Fsp3) is 0.500. The van der Waals surface area contributed by atoms with Crippen molar-refractivity contribution in [3.8, 4) is 0 Å². The predicted octanol–water partition coefficient (Wildman–Crippen LogP) is 2.58. The molecule has 1 fully saturated rings. The Balaban J connectivity index is 0.00000180. The molecule has 0 aliphatic heterocycles. The molecular formula is C14H22IN3O. The highest BCUT2D eigenvalue weighted by atomic mass is 127. The second-order valence-electron chi connectivity index (χ2n) is 4.90. The first kappa shape index (κ1) is 16.2. The van der Waals surface area contributed by atoms with E-state index >= 15 is 0 Å². The fourth-order valence-corrected chi connectivity index (χ4v) is 2.36. The van der Waals surface area contributed by atoms with Crippen LogP contribution in [-0.2, 0) is 0 Å². The normalized spacial score (nSPS) is 23.5. The van der Waals surface area contributed by atoms with Crippen LogP contribution in [0.1, 0.15) is 25.7 Å². The van der Waals surface area contributed by atoms with Crippen LogP contribution in [-0.4, -0.2) is 23.7 Å². The number of nitrogens with two attached hydrogens (primary N) is 1. The fourth-order valence-electron chi connectivity index (χ4n) is 2.36. The number of para-hydroxylation sites is 1. The topological polar surface area (TPSA) is 70.6 Å². The summed E-state index contributed by atoms with van der Waals surface area (Å²) in [4.78, 5) is 4.35. The van der Waals surface area contributed by atoms with Gasteiger partial charge in [0, 0.05) is 12.2 Å². The van der Waals surface area contributed by atoms with Gasteiger partial charge in [0.25, 0.3) is 0 Å². The summed E-state index contributed by atoms with van der Waals surface area (Å²) >= 11 is 0. The monoisotopic (exact) mass is 375 g/mol. The lowest BCUT2D eigenvalue weighted by molar-refractivity contribution is 0.103. The molecule has 0 amide bonds. The van der Waals surface area contributed by atoms with E-state index < -0.39 is 0 Å². The summed E-state index contributed by atoms with van der Waals surface area (Å²) in [5.41, 5.74) is 6.78. The average Bonchev–Trinajstić information content (AvgIpc) is 2.38. The number of hydrogen-bond acceptors (Lipinski definition) is 2. The first-order valence-electron chi connectivity index (χ1n) is 6.54. The molecule has 106 valence electrons. The average molecular weight is 375 g/mol. The van der Waals surface area contributed by atoms with Crippen LogP contribution < -0.4 is 11.1 Å². The number of halogens is 1. The van der Waals surface area contributed by atoms with Crippen molar-refractivity contribution in [1.82, 2.24) is 0 Å².